The molecule has 0 spiro atoms. The molecule has 1 N–H and O–H groups in total. The van der Waals surface area contributed by atoms with E-state index in [1.165, 1.54) is 0 Å². The van der Waals surface area contributed by atoms with Gasteiger partial charge < -0.3 is 10.2 Å². The van der Waals surface area contributed by atoms with Gasteiger partial charge in [0.25, 0.3) is 0 Å². The molecule has 4 nitrogen and oxygen atoms in total. The SMILES string of the molecule is Cc1cc(N2CCCNCC2)nc(-c2ccc(Cl)cc2)n1. The highest BCUT2D eigenvalue weighted by atomic mass is 35.5. The lowest BCUT2D eigenvalue weighted by atomic mass is 10.2. The van der Waals surface area contributed by atoms with Gasteiger partial charge in [-0.25, -0.2) is 9.97 Å². The van der Waals surface area contributed by atoms with Crippen molar-refractivity contribution in [1.29, 1.82) is 0 Å². The van der Waals surface area contributed by atoms with E-state index in [0.29, 0.717) is 0 Å². The molecule has 0 unspecified atom stereocenters. The van der Waals surface area contributed by atoms with Crippen molar-refractivity contribution >= 4 is 17.4 Å². The second kappa shape index (κ2) is 6.41. The van der Waals surface area contributed by atoms with E-state index < -0.39 is 0 Å². The Bertz CT molecular complexity index is 604. The van der Waals surface area contributed by atoms with E-state index in [9.17, 15) is 0 Å². The minimum atomic E-state index is 0.727. The van der Waals surface area contributed by atoms with Crippen LogP contribution in [-0.4, -0.2) is 36.1 Å². The maximum absolute atomic E-state index is 5.95. The van der Waals surface area contributed by atoms with E-state index in [0.717, 1.165) is 60.5 Å². The number of benzene rings is 1. The molecular formula is C16H19ClN4. The van der Waals surface area contributed by atoms with E-state index in [1.807, 2.05) is 31.2 Å². The van der Waals surface area contributed by atoms with Gasteiger partial charge in [-0.1, -0.05) is 11.6 Å². The predicted molar refractivity (Wildman–Crippen MR) is 86.9 cm³/mol. The summed E-state index contributed by atoms with van der Waals surface area (Å²) in [4.78, 5) is 11.6. The number of aromatic nitrogens is 2. The summed E-state index contributed by atoms with van der Waals surface area (Å²) in [6.45, 7) is 6.10. The Kier molecular flexibility index (Phi) is 4.36. The zero-order chi connectivity index (χ0) is 14.7. The first-order chi connectivity index (χ1) is 10.2. The third-order valence-corrected chi connectivity index (χ3v) is 3.86. The summed E-state index contributed by atoms with van der Waals surface area (Å²) in [7, 11) is 0. The normalized spacial score (nSPS) is 15.8. The molecular weight excluding hydrogens is 284 g/mol. The van der Waals surface area contributed by atoms with Gasteiger partial charge >= 0.3 is 0 Å². The highest BCUT2D eigenvalue weighted by molar-refractivity contribution is 6.30. The number of rotatable bonds is 2. The van der Waals surface area contributed by atoms with Crippen molar-refractivity contribution < 1.29 is 0 Å². The van der Waals surface area contributed by atoms with Crippen LogP contribution in [0.15, 0.2) is 30.3 Å². The first-order valence-electron chi connectivity index (χ1n) is 7.30. The van der Waals surface area contributed by atoms with E-state index in [2.05, 4.69) is 21.3 Å². The number of halogens is 1. The van der Waals surface area contributed by atoms with Crippen LogP contribution in [0.2, 0.25) is 5.02 Å². The van der Waals surface area contributed by atoms with Crippen molar-refractivity contribution in [3.63, 3.8) is 0 Å². The molecule has 1 aliphatic rings. The largest absolute Gasteiger partial charge is 0.355 e. The smallest absolute Gasteiger partial charge is 0.161 e. The number of hydrogen-bond acceptors (Lipinski definition) is 4. The molecule has 1 saturated heterocycles. The van der Waals surface area contributed by atoms with Crippen molar-refractivity contribution in [1.82, 2.24) is 15.3 Å². The Morgan fingerprint density at radius 3 is 2.71 bits per heavy atom. The van der Waals surface area contributed by atoms with E-state index in [1.54, 1.807) is 0 Å². The van der Waals surface area contributed by atoms with Gasteiger partial charge in [-0.3, -0.25) is 0 Å². The summed E-state index contributed by atoms with van der Waals surface area (Å²) in [5.74, 6) is 1.77. The molecule has 1 aromatic heterocycles. The fraction of sp³-hybridized carbons (Fsp3) is 0.375. The first-order valence-corrected chi connectivity index (χ1v) is 7.67. The van der Waals surface area contributed by atoms with Crippen molar-refractivity contribution in [3.05, 3.63) is 41.0 Å². The lowest BCUT2D eigenvalue weighted by Crippen LogP contribution is -2.28. The van der Waals surface area contributed by atoms with Crippen molar-refractivity contribution in [3.8, 4) is 11.4 Å². The van der Waals surface area contributed by atoms with Crippen LogP contribution < -0.4 is 10.2 Å². The maximum atomic E-state index is 5.95. The fourth-order valence-corrected chi connectivity index (χ4v) is 2.64. The highest BCUT2D eigenvalue weighted by Crippen LogP contribution is 2.22. The molecule has 0 atom stereocenters. The summed E-state index contributed by atoms with van der Waals surface area (Å²) < 4.78 is 0. The van der Waals surface area contributed by atoms with Crippen LogP contribution in [0, 0.1) is 6.92 Å². The molecule has 1 aromatic carbocycles. The minimum Gasteiger partial charge on any atom is -0.355 e. The van der Waals surface area contributed by atoms with Crippen LogP contribution in [-0.2, 0) is 0 Å². The zero-order valence-corrected chi connectivity index (χ0v) is 12.9. The monoisotopic (exact) mass is 302 g/mol. The Morgan fingerprint density at radius 2 is 1.90 bits per heavy atom. The average Bonchev–Trinajstić information content (AvgIpc) is 2.76. The number of anilines is 1. The Balaban J connectivity index is 1.93. The summed E-state index contributed by atoms with van der Waals surface area (Å²) in [6, 6.07) is 9.73. The molecule has 3 rings (SSSR count). The summed E-state index contributed by atoms with van der Waals surface area (Å²) in [5.41, 5.74) is 1.99. The van der Waals surface area contributed by atoms with E-state index in [4.69, 9.17) is 16.6 Å². The van der Waals surface area contributed by atoms with Gasteiger partial charge in [0.15, 0.2) is 5.82 Å². The van der Waals surface area contributed by atoms with Gasteiger partial charge in [-0.2, -0.15) is 0 Å². The number of aryl methyl sites for hydroxylation is 1. The van der Waals surface area contributed by atoms with Crippen LogP contribution in [0.4, 0.5) is 5.82 Å². The topological polar surface area (TPSA) is 41.0 Å². The van der Waals surface area contributed by atoms with Crippen LogP contribution in [0.1, 0.15) is 12.1 Å². The molecule has 110 valence electrons. The lowest BCUT2D eigenvalue weighted by Gasteiger charge is -2.21. The van der Waals surface area contributed by atoms with Gasteiger partial charge in [0.1, 0.15) is 5.82 Å². The number of hydrogen-bond donors (Lipinski definition) is 1. The number of nitrogens with one attached hydrogen (secondary N) is 1. The molecule has 0 saturated carbocycles. The summed E-state index contributed by atoms with van der Waals surface area (Å²) in [5, 5.41) is 4.14. The fourth-order valence-electron chi connectivity index (χ4n) is 2.52. The molecule has 0 radical (unpaired) electrons. The minimum absolute atomic E-state index is 0.727. The molecule has 5 heteroatoms. The van der Waals surface area contributed by atoms with E-state index in [-0.39, 0.29) is 0 Å². The van der Waals surface area contributed by atoms with E-state index >= 15 is 0 Å². The summed E-state index contributed by atoms with van der Waals surface area (Å²) in [6.07, 6.45) is 1.14. The zero-order valence-electron chi connectivity index (χ0n) is 12.1. The molecule has 2 heterocycles. The van der Waals surface area contributed by atoms with Gasteiger partial charge in [0.2, 0.25) is 0 Å². The average molecular weight is 303 g/mol. The van der Waals surface area contributed by atoms with Crippen molar-refractivity contribution in [2.75, 3.05) is 31.1 Å². The van der Waals surface area contributed by atoms with Gasteiger partial charge in [-0.15, -0.1) is 0 Å². The first kappa shape index (κ1) is 14.3. The van der Waals surface area contributed by atoms with Crippen LogP contribution in [0.5, 0.6) is 0 Å². The second-order valence-electron chi connectivity index (χ2n) is 5.29. The standard InChI is InChI=1S/C16H19ClN4/c1-12-11-15(21-9-2-7-18-8-10-21)20-16(19-12)13-3-5-14(17)6-4-13/h3-6,11,18H,2,7-10H2,1H3. The second-order valence-corrected chi connectivity index (χ2v) is 5.73. The molecule has 1 fully saturated rings. The van der Waals surface area contributed by atoms with Crippen molar-refractivity contribution in [2.45, 2.75) is 13.3 Å². The maximum Gasteiger partial charge on any atom is 0.161 e. The molecule has 2 aromatic rings. The van der Waals surface area contributed by atoms with Crippen LogP contribution >= 0.6 is 11.6 Å². The molecule has 0 amide bonds. The predicted octanol–water partition coefficient (Wildman–Crippen LogP) is 2.91. The summed E-state index contributed by atoms with van der Waals surface area (Å²) >= 11 is 5.95. The molecule has 0 aliphatic carbocycles. The Morgan fingerprint density at radius 1 is 1.10 bits per heavy atom. The van der Waals surface area contributed by atoms with Crippen LogP contribution in [0.3, 0.4) is 0 Å². The molecule has 21 heavy (non-hydrogen) atoms. The van der Waals surface area contributed by atoms with Gasteiger partial charge in [-0.05, 0) is 44.2 Å². The van der Waals surface area contributed by atoms with Crippen LogP contribution in [0.25, 0.3) is 11.4 Å². The Labute approximate surface area is 130 Å². The third kappa shape index (κ3) is 3.52. The quantitative estimate of drug-likeness (QED) is 0.926. The van der Waals surface area contributed by atoms with Gasteiger partial charge in [0.05, 0.1) is 0 Å². The highest BCUT2D eigenvalue weighted by Gasteiger charge is 2.13. The number of nitrogens with zero attached hydrogens (tertiary/aromatic N) is 3. The molecule has 1 aliphatic heterocycles. The van der Waals surface area contributed by atoms with Crippen molar-refractivity contribution in [2.24, 2.45) is 0 Å². The Hall–Kier alpha value is -1.65. The van der Waals surface area contributed by atoms with Gasteiger partial charge in [0, 0.05) is 42.0 Å². The lowest BCUT2D eigenvalue weighted by molar-refractivity contribution is 0.724. The third-order valence-electron chi connectivity index (χ3n) is 3.61. The molecule has 0 bridgehead atoms.